The Morgan fingerprint density at radius 2 is 1.73 bits per heavy atom. The van der Waals surface area contributed by atoms with Crippen molar-refractivity contribution in [2.45, 2.75) is 57.8 Å². The molecule has 1 aliphatic rings. The maximum atomic E-state index is 10.1. The number of H-pyrrole nitrogens is 1. The molecular formula is C25H29NO2S2. The van der Waals surface area contributed by atoms with Crippen molar-refractivity contribution in [3.8, 4) is 22.8 Å². The molecule has 1 aliphatic carbocycles. The van der Waals surface area contributed by atoms with Crippen LogP contribution in [0.2, 0.25) is 0 Å². The van der Waals surface area contributed by atoms with E-state index in [1.807, 2.05) is 6.07 Å². The summed E-state index contributed by atoms with van der Waals surface area (Å²) < 4.78 is 6.29. The lowest BCUT2D eigenvalue weighted by Gasteiger charge is -2.42. The highest BCUT2D eigenvalue weighted by Crippen LogP contribution is 2.47. The van der Waals surface area contributed by atoms with Crippen molar-refractivity contribution < 1.29 is 9.84 Å². The van der Waals surface area contributed by atoms with Crippen molar-refractivity contribution in [3.63, 3.8) is 0 Å². The van der Waals surface area contributed by atoms with E-state index < -0.39 is 0 Å². The third-order valence-corrected chi connectivity index (χ3v) is 7.72. The van der Waals surface area contributed by atoms with E-state index in [-0.39, 0.29) is 16.7 Å². The fraction of sp³-hybridized carbons (Fsp3) is 0.400. The van der Waals surface area contributed by atoms with Crippen LogP contribution in [0, 0.1) is 3.95 Å². The number of benzene rings is 2. The minimum Gasteiger partial charge on any atom is -0.496 e. The Morgan fingerprint density at radius 3 is 2.37 bits per heavy atom. The lowest BCUT2D eigenvalue weighted by molar-refractivity contribution is 0.332. The standard InChI is InChI=1S/C25H29NO2S2/c1-24(2)10-11-25(3,4)19-14-16(7-8-18(19)24)17-12-15(6-9-20(17)28-5)13-21-22(27)26-23(29)30-21/h6-9,12,14,27H,10-11,13H2,1-5H3,(H,26,29). The summed E-state index contributed by atoms with van der Waals surface area (Å²) in [6.45, 7) is 9.39. The summed E-state index contributed by atoms with van der Waals surface area (Å²) in [5, 5.41) is 10.1. The van der Waals surface area contributed by atoms with Crippen molar-refractivity contribution >= 4 is 23.6 Å². The van der Waals surface area contributed by atoms with Gasteiger partial charge >= 0.3 is 0 Å². The molecular weight excluding hydrogens is 410 g/mol. The Hall–Kier alpha value is -2.11. The first-order valence-corrected chi connectivity index (χ1v) is 11.6. The maximum Gasteiger partial charge on any atom is 0.203 e. The van der Waals surface area contributed by atoms with Gasteiger partial charge in [0.05, 0.1) is 12.0 Å². The number of nitrogens with one attached hydrogen (secondary N) is 1. The van der Waals surface area contributed by atoms with Gasteiger partial charge in [-0.2, -0.15) is 0 Å². The van der Waals surface area contributed by atoms with Crippen molar-refractivity contribution in [1.29, 1.82) is 0 Å². The number of methoxy groups -OCH3 is 1. The van der Waals surface area contributed by atoms with Crippen molar-refractivity contribution in [2.24, 2.45) is 0 Å². The highest BCUT2D eigenvalue weighted by atomic mass is 32.1. The van der Waals surface area contributed by atoms with Crippen LogP contribution in [0.3, 0.4) is 0 Å². The molecule has 2 N–H and O–H groups in total. The number of hydrogen-bond acceptors (Lipinski definition) is 4. The smallest absolute Gasteiger partial charge is 0.203 e. The molecule has 3 nitrogen and oxygen atoms in total. The van der Waals surface area contributed by atoms with Crippen LogP contribution in [0.4, 0.5) is 0 Å². The first kappa shape index (κ1) is 21.1. The summed E-state index contributed by atoms with van der Waals surface area (Å²) >= 11 is 6.58. The second-order valence-corrected chi connectivity index (χ2v) is 11.3. The van der Waals surface area contributed by atoms with Crippen LogP contribution in [0.5, 0.6) is 11.6 Å². The van der Waals surface area contributed by atoms with E-state index in [9.17, 15) is 5.11 Å². The first-order chi connectivity index (χ1) is 14.1. The van der Waals surface area contributed by atoms with Gasteiger partial charge in [0.15, 0.2) is 3.95 Å². The molecule has 0 spiro atoms. The number of thiazole rings is 1. The van der Waals surface area contributed by atoms with Crippen LogP contribution in [0.15, 0.2) is 36.4 Å². The largest absolute Gasteiger partial charge is 0.496 e. The fourth-order valence-corrected chi connectivity index (χ4v) is 5.66. The number of aromatic hydroxyl groups is 1. The molecule has 3 aromatic rings. The van der Waals surface area contributed by atoms with E-state index in [1.165, 1.54) is 40.9 Å². The molecule has 158 valence electrons. The van der Waals surface area contributed by atoms with Gasteiger partial charge in [0, 0.05) is 12.0 Å². The number of aromatic amines is 1. The molecule has 5 heteroatoms. The lowest BCUT2D eigenvalue weighted by Crippen LogP contribution is -2.33. The molecule has 0 saturated heterocycles. The normalized spacial score (nSPS) is 16.8. The fourth-order valence-electron chi connectivity index (χ4n) is 4.50. The second-order valence-electron chi connectivity index (χ2n) is 9.53. The topological polar surface area (TPSA) is 45.2 Å². The zero-order valence-corrected chi connectivity index (χ0v) is 19.9. The second kappa shape index (κ2) is 7.54. The Bertz CT molecular complexity index is 1150. The number of hydrogen-bond donors (Lipinski definition) is 2. The molecule has 1 heterocycles. The number of fused-ring (bicyclic) bond motifs is 1. The quantitative estimate of drug-likeness (QED) is 0.425. The van der Waals surface area contributed by atoms with Gasteiger partial charge in [-0.1, -0.05) is 52.0 Å². The van der Waals surface area contributed by atoms with E-state index in [2.05, 4.69) is 63.0 Å². The van der Waals surface area contributed by atoms with Gasteiger partial charge in [-0.3, -0.25) is 0 Å². The molecule has 0 saturated carbocycles. The molecule has 4 rings (SSSR count). The van der Waals surface area contributed by atoms with Gasteiger partial charge in [0.1, 0.15) is 5.75 Å². The summed E-state index contributed by atoms with van der Waals surface area (Å²) in [6, 6.07) is 13.1. The minimum atomic E-state index is 0.157. The first-order valence-electron chi connectivity index (χ1n) is 10.3. The van der Waals surface area contributed by atoms with Crippen LogP contribution in [-0.2, 0) is 17.3 Å². The summed E-state index contributed by atoms with van der Waals surface area (Å²) in [5.41, 5.74) is 6.61. The van der Waals surface area contributed by atoms with E-state index in [0.29, 0.717) is 10.4 Å². The Kier molecular flexibility index (Phi) is 5.31. The SMILES string of the molecule is COc1ccc(Cc2sc(=S)[nH]c2O)cc1-c1ccc2c(c1)C(C)(C)CCC2(C)C. The van der Waals surface area contributed by atoms with Crippen LogP contribution >= 0.6 is 23.6 Å². The maximum absolute atomic E-state index is 10.1. The third-order valence-electron chi connectivity index (χ3n) is 6.49. The monoisotopic (exact) mass is 439 g/mol. The van der Waals surface area contributed by atoms with Gasteiger partial charge in [0.25, 0.3) is 0 Å². The molecule has 1 aromatic heterocycles. The van der Waals surface area contributed by atoms with Gasteiger partial charge in [0.2, 0.25) is 5.88 Å². The molecule has 0 bridgehead atoms. The predicted octanol–water partition coefficient (Wildman–Crippen LogP) is 7.13. The molecule has 0 radical (unpaired) electrons. The van der Waals surface area contributed by atoms with E-state index in [1.54, 1.807) is 7.11 Å². The highest BCUT2D eigenvalue weighted by molar-refractivity contribution is 7.73. The van der Waals surface area contributed by atoms with Gasteiger partial charge in [-0.15, -0.1) is 11.3 Å². The van der Waals surface area contributed by atoms with Crippen molar-refractivity contribution in [3.05, 3.63) is 61.9 Å². The summed E-state index contributed by atoms with van der Waals surface area (Å²) in [4.78, 5) is 3.66. The van der Waals surface area contributed by atoms with Crippen molar-refractivity contribution in [2.75, 3.05) is 7.11 Å². The zero-order chi connectivity index (χ0) is 21.7. The van der Waals surface area contributed by atoms with Crippen LogP contribution in [0.25, 0.3) is 11.1 Å². The van der Waals surface area contributed by atoms with Crippen LogP contribution < -0.4 is 4.74 Å². The number of ether oxygens (including phenoxy) is 1. The Morgan fingerprint density at radius 1 is 1.03 bits per heavy atom. The van der Waals surface area contributed by atoms with Gasteiger partial charge < -0.3 is 14.8 Å². The van der Waals surface area contributed by atoms with E-state index >= 15 is 0 Å². The van der Waals surface area contributed by atoms with E-state index in [4.69, 9.17) is 17.0 Å². The summed E-state index contributed by atoms with van der Waals surface area (Å²) in [7, 11) is 1.72. The number of rotatable bonds is 4. The van der Waals surface area contributed by atoms with Crippen LogP contribution in [-0.4, -0.2) is 17.2 Å². The minimum absolute atomic E-state index is 0.157. The van der Waals surface area contributed by atoms with Crippen molar-refractivity contribution in [1.82, 2.24) is 4.98 Å². The highest BCUT2D eigenvalue weighted by Gasteiger charge is 2.37. The Balaban J connectivity index is 1.80. The third kappa shape index (κ3) is 3.81. The van der Waals surface area contributed by atoms with Gasteiger partial charge in [-0.05, 0) is 70.3 Å². The van der Waals surface area contributed by atoms with Gasteiger partial charge in [-0.25, -0.2) is 0 Å². The zero-order valence-electron chi connectivity index (χ0n) is 18.3. The number of aromatic nitrogens is 1. The molecule has 30 heavy (non-hydrogen) atoms. The average Bonchev–Trinajstić information content (AvgIpc) is 3.02. The summed E-state index contributed by atoms with van der Waals surface area (Å²) in [6.07, 6.45) is 3.02. The van der Waals surface area contributed by atoms with E-state index in [0.717, 1.165) is 21.8 Å². The average molecular weight is 440 g/mol. The summed E-state index contributed by atoms with van der Waals surface area (Å²) in [5.74, 6) is 1.03. The molecule has 2 aromatic carbocycles. The Labute approximate surface area is 187 Å². The molecule has 0 aliphatic heterocycles. The molecule has 0 fully saturated rings. The molecule has 0 atom stereocenters. The van der Waals surface area contributed by atoms with Crippen LogP contribution in [0.1, 0.15) is 62.1 Å². The lowest BCUT2D eigenvalue weighted by atomic mass is 9.63. The molecule has 0 amide bonds. The molecule has 0 unspecified atom stereocenters. The predicted molar refractivity (Wildman–Crippen MR) is 128 cm³/mol.